The van der Waals surface area contributed by atoms with Crippen LogP contribution in [-0.4, -0.2) is 47.1 Å². The molecular weight excluding hydrogens is 415 g/mol. The Bertz CT molecular complexity index is 1220. The first-order chi connectivity index (χ1) is 15.0. The van der Waals surface area contributed by atoms with Gasteiger partial charge in [0.2, 0.25) is 5.88 Å². The summed E-state index contributed by atoms with van der Waals surface area (Å²) >= 11 is 6.00. The van der Waals surface area contributed by atoms with E-state index in [0.717, 1.165) is 40.6 Å². The van der Waals surface area contributed by atoms with E-state index >= 15 is 0 Å². The maximum absolute atomic E-state index is 13.6. The van der Waals surface area contributed by atoms with Crippen molar-refractivity contribution in [2.75, 3.05) is 27.2 Å². The molecule has 0 aliphatic carbocycles. The Hall–Kier alpha value is -3.09. The van der Waals surface area contributed by atoms with E-state index in [1.54, 1.807) is 18.3 Å². The highest BCUT2D eigenvalue weighted by Gasteiger charge is 2.13. The van der Waals surface area contributed by atoms with Crippen molar-refractivity contribution in [3.63, 3.8) is 0 Å². The van der Waals surface area contributed by atoms with E-state index in [-0.39, 0.29) is 5.02 Å². The lowest BCUT2D eigenvalue weighted by molar-refractivity contribution is 0.276. The van der Waals surface area contributed by atoms with E-state index in [4.69, 9.17) is 16.3 Å². The van der Waals surface area contributed by atoms with Gasteiger partial charge in [-0.2, -0.15) is 0 Å². The van der Waals surface area contributed by atoms with Gasteiger partial charge in [-0.3, -0.25) is 4.98 Å². The molecule has 0 aliphatic rings. The largest absolute Gasteiger partial charge is 0.477 e. The molecule has 0 unspecified atom stereocenters. The van der Waals surface area contributed by atoms with E-state index in [0.29, 0.717) is 18.2 Å². The van der Waals surface area contributed by atoms with E-state index < -0.39 is 5.82 Å². The Labute approximate surface area is 185 Å². The van der Waals surface area contributed by atoms with Crippen LogP contribution in [0.3, 0.4) is 0 Å². The smallest absolute Gasteiger partial charge is 0.224 e. The Kier molecular flexibility index (Phi) is 6.39. The van der Waals surface area contributed by atoms with Crippen LogP contribution in [-0.2, 0) is 0 Å². The lowest BCUT2D eigenvalue weighted by Gasteiger charge is -2.13. The molecule has 2 aromatic heterocycles. The first-order valence-corrected chi connectivity index (χ1v) is 10.3. The van der Waals surface area contributed by atoms with Crippen LogP contribution in [0.5, 0.6) is 5.88 Å². The molecule has 7 heteroatoms. The van der Waals surface area contributed by atoms with Crippen LogP contribution in [0, 0.1) is 5.82 Å². The van der Waals surface area contributed by atoms with Crippen LogP contribution in [0.1, 0.15) is 6.42 Å². The number of rotatable bonds is 7. The maximum atomic E-state index is 13.6. The molecule has 31 heavy (non-hydrogen) atoms. The summed E-state index contributed by atoms with van der Waals surface area (Å²) in [5, 5.41) is 0.895. The fourth-order valence-electron chi connectivity index (χ4n) is 3.38. The van der Waals surface area contributed by atoms with Gasteiger partial charge in [-0.25, -0.2) is 14.4 Å². The maximum Gasteiger partial charge on any atom is 0.224 e. The molecule has 4 aromatic rings. The summed E-state index contributed by atoms with van der Waals surface area (Å²) in [5.74, 6) is 0.0997. The normalized spacial score (nSPS) is 11.3. The second-order valence-electron chi connectivity index (χ2n) is 7.44. The zero-order valence-electron chi connectivity index (χ0n) is 17.3. The van der Waals surface area contributed by atoms with Crippen molar-refractivity contribution in [3.8, 4) is 28.3 Å². The van der Waals surface area contributed by atoms with Crippen LogP contribution in [0.4, 0.5) is 4.39 Å². The Morgan fingerprint density at radius 3 is 2.65 bits per heavy atom. The zero-order chi connectivity index (χ0) is 21.8. The molecule has 0 saturated heterocycles. The number of ether oxygens (including phenoxy) is 1. The third-order valence-electron chi connectivity index (χ3n) is 4.90. The van der Waals surface area contributed by atoms with Crippen molar-refractivity contribution in [1.29, 1.82) is 0 Å². The molecule has 158 valence electrons. The predicted molar refractivity (Wildman–Crippen MR) is 122 cm³/mol. The van der Waals surface area contributed by atoms with Crippen molar-refractivity contribution < 1.29 is 9.13 Å². The summed E-state index contributed by atoms with van der Waals surface area (Å²) in [7, 11) is 4.07. The van der Waals surface area contributed by atoms with Gasteiger partial charge in [0.25, 0.3) is 0 Å². The quantitative estimate of drug-likeness (QED) is 0.359. The molecule has 0 amide bonds. The van der Waals surface area contributed by atoms with Crippen molar-refractivity contribution >= 4 is 22.5 Å². The fraction of sp³-hybridized carbons (Fsp3) is 0.208. The summed E-state index contributed by atoms with van der Waals surface area (Å²) < 4.78 is 19.6. The number of benzene rings is 2. The van der Waals surface area contributed by atoms with E-state index in [9.17, 15) is 4.39 Å². The summed E-state index contributed by atoms with van der Waals surface area (Å²) in [5.41, 5.74) is 4.09. The van der Waals surface area contributed by atoms with Crippen LogP contribution in [0.25, 0.3) is 33.3 Å². The number of hydrogen-bond acceptors (Lipinski definition) is 5. The van der Waals surface area contributed by atoms with Gasteiger partial charge >= 0.3 is 0 Å². The SMILES string of the molecule is CN(C)CCCOc1ncnc2ccc(-c3cccnc3-c3ccc(F)c(Cl)c3)cc12. The fourth-order valence-corrected chi connectivity index (χ4v) is 3.56. The van der Waals surface area contributed by atoms with Gasteiger partial charge in [-0.1, -0.05) is 23.7 Å². The second-order valence-corrected chi connectivity index (χ2v) is 7.85. The van der Waals surface area contributed by atoms with Crippen LogP contribution >= 0.6 is 11.6 Å². The minimum atomic E-state index is -0.457. The summed E-state index contributed by atoms with van der Waals surface area (Å²) in [4.78, 5) is 15.3. The van der Waals surface area contributed by atoms with E-state index in [1.807, 2.05) is 44.4 Å². The Morgan fingerprint density at radius 2 is 1.84 bits per heavy atom. The van der Waals surface area contributed by atoms with Gasteiger partial charge in [0.15, 0.2) is 0 Å². The monoisotopic (exact) mass is 436 g/mol. The highest BCUT2D eigenvalue weighted by atomic mass is 35.5. The van der Waals surface area contributed by atoms with Gasteiger partial charge < -0.3 is 9.64 Å². The zero-order valence-corrected chi connectivity index (χ0v) is 18.1. The molecule has 0 saturated carbocycles. The number of nitrogens with zero attached hydrogens (tertiary/aromatic N) is 4. The molecule has 4 rings (SSSR count). The average molecular weight is 437 g/mol. The van der Waals surface area contributed by atoms with Crippen molar-refractivity contribution in [2.45, 2.75) is 6.42 Å². The van der Waals surface area contributed by atoms with Gasteiger partial charge in [0, 0.05) is 23.9 Å². The molecule has 0 aliphatic heterocycles. The van der Waals surface area contributed by atoms with Crippen molar-refractivity contribution in [3.05, 3.63) is 71.9 Å². The third kappa shape index (κ3) is 4.81. The van der Waals surface area contributed by atoms with Gasteiger partial charge in [-0.15, -0.1) is 0 Å². The lowest BCUT2D eigenvalue weighted by Crippen LogP contribution is -2.15. The average Bonchev–Trinajstić information content (AvgIpc) is 2.78. The molecule has 0 bridgehead atoms. The second kappa shape index (κ2) is 9.37. The minimum Gasteiger partial charge on any atom is -0.477 e. The number of pyridine rings is 1. The highest BCUT2D eigenvalue weighted by Crippen LogP contribution is 2.34. The molecular formula is C24H22ClFN4O. The van der Waals surface area contributed by atoms with E-state index in [1.165, 1.54) is 12.4 Å². The molecule has 2 aromatic carbocycles. The first kappa shape index (κ1) is 21.2. The van der Waals surface area contributed by atoms with Gasteiger partial charge in [0.05, 0.1) is 28.2 Å². The first-order valence-electron chi connectivity index (χ1n) is 9.96. The summed E-state index contributed by atoms with van der Waals surface area (Å²) in [6, 6.07) is 14.4. The minimum absolute atomic E-state index is 0.0643. The van der Waals surface area contributed by atoms with Gasteiger partial charge in [-0.05, 0) is 62.5 Å². The number of halogens is 2. The standard InChI is InChI=1S/C24H22ClFN4O/c1-30(2)11-4-12-31-24-19-13-16(7-9-22(19)28-15-29-24)18-5-3-10-27-23(18)17-6-8-21(26)20(25)14-17/h3,5-10,13-15H,4,11-12H2,1-2H3. The van der Waals surface area contributed by atoms with Crippen LogP contribution in [0.2, 0.25) is 5.02 Å². The predicted octanol–water partition coefficient (Wildman–Crippen LogP) is 5.48. The van der Waals surface area contributed by atoms with Crippen molar-refractivity contribution in [2.24, 2.45) is 0 Å². The summed E-state index contributed by atoms with van der Waals surface area (Å²) in [6.45, 7) is 1.51. The Morgan fingerprint density at radius 1 is 1.00 bits per heavy atom. The molecule has 0 spiro atoms. The lowest BCUT2D eigenvalue weighted by atomic mass is 9.98. The molecule has 0 radical (unpaired) electrons. The molecule has 0 N–H and O–H groups in total. The number of hydrogen-bond donors (Lipinski definition) is 0. The van der Waals surface area contributed by atoms with E-state index in [2.05, 4.69) is 19.9 Å². The topological polar surface area (TPSA) is 51.1 Å². The highest BCUT2D eigenvalue weighted by molar-refractivity contribution is 6.31. The Balaban J connectivity index is 1.72. The number of fused-ring (bicyclic) bond motifs is 1. The third-order valence-corrected chi connectivity index (χ3v) is 5.19. The number of aromatic nitrogens is 3. The van der Waals surface area contributed by atoms with Gasteiger partial charge in [0.1, 0.15) is 12.1 Å². The molecule has 5 nitrogen and oxygen atoms in total. The van der Waals surface area contributed by atoms with Crippen LogP contribution in [0.15, 0.2) is 61.1 Å². The summed E-state index contributed by atoms with van der Waals surface area (Å²) in [6.07, 6.45) is 4.12. The van der Waals surface area contributed by atoms with Crippen LogP contribution < -0.4 is 4.74 Å². The molecule has 2 heterocycles. The van der Waals surface area contributed by atoms with Crippen molar-refractivity contribution in [1.82, 2.24) is 19.9 Å². The molecule has 0 atom stereocenters. The molecule has 0 fully saturated rings.